The Hall–Kier alpha value is -0.840. The Kier molecular flexibility index (Phi) is 5.02. The summed E-state index contributed by atoms with van der Waals surface area (Å²) in [4.78, 5) is 8.43. The van der Waals surface area contributed by atoms with E-state index in [1.165, 1.54) is 0 Å². The van der Waals surface area contributed by atoms with Crippen LogP contribution in [0, 0.1) is 0 Å². The van der Waals surface area contributed by atoms with Crippen molar-refractivity contribution in [3.8, 4) is 11.6 Å². The zero-order chi connectivity index (χ0) is 13.8. The van der Waals surface area contributed by atoms with Crippen LogP contribution in [-0.2, 0) is 6.42 Å². The fourth-order valence-corrected chi connectivity index (χ4v) is 2.18. The molecule has 0 radical (unpaired) electrons. The molecule has 3 nitrogen and oxygen atoms in total. The van der Waals surface area contributed by atoms with E-state index in [4.69, 9.17) is 27.9 Å². The van der Waals surface area contributed by atoms with Crippen molar-refractivity contribution in [3.63, 3.8) is 0 Å². The Bertz CT molecular complexity index is 593. The number of nitrogens with zero attached hydrogens (tertiary/aromatic N) is 2. The Labute approximate surface area is 130 Å². The first kappa shape index (κ1) is 14.6. The molecule has 0 N–H and O–H groups in total. The van der Waals surface area contributed by atoms with Crippen LogP contribution in [0.5, 0.6) is 11.6 Å². The summed E-state index contributed by atoms with van der Waals surface area (Å²) in [5, 5.41) is 0.870. The van der Waals surface area contributed by atoms with Crippen LogP contribution in [0.2, 0.25) is 10.2 Å². The summed E-state index contributed by atoms with van der Waals surface area (Å²) < 4.78 is 6.54. The predicted octanol–water partition coefficient (Wildman–Crippen LogP) is 5.29. The molecule has 0 saturated heterocycles. The molecule has 0 bridgehead atoms. The molecule has 0 spiro atoms. The van der Waals surface area contributed by atoms with Crippen molar-refractivity contribution < 1.29 is 4.74 Å². The fraction of sp³-hybridized carbons (Fsp3) is 0.231. The van der Waals surface area contributed by atoms with Gasteiger partial charge in [0.05, 0.1) is 5.02 Å². The van der Waals surface area contributed by atoms with Gasteiger partial charge in [-0.1, -0.05) is 46.1 Å². The van der Waals surface area contributed by atoms with Gasteiger partial charge in [-0.25, -0.2) is 4.98 Å². The Morgan fingerprint density at radius 2 is 2.00 bits per heavy atom. The van der Waals surface area contributed by atoms with Crippen molar-refractivity contribution in [2.45, 2.75) is 19.8 Å². The largest absolute Gasteiger partial charge is 0.437 e. The second kappa shape index (κ2) is 6.55. The van der Waals surface area contributed by atoms with Gasteiger partial charge in [0.2, 0.25) is 5.88 Å². The number of halogens is 3. The molecule has 0 atom stereocenters. The van der Waals surface area contributed by atoms with E-state index in [1.54, 1.807) is 18.2 Å². The summed E-state index contributed by atoms with van der Waals surface area (Å²) in [6.07, 6.45) is 1.69. The number of benzene rings is 1. The maximum atomic E-state index is 6.06. The predicted molar refractivity (Wildman–Crippen MR) is 80.3 cm³/mol. The number of hydrogen-bond acceptors (Lipinski definition) is 3. The van der Waals surface area contributed by atoms with Crippen LogP contribution in [0.25, 0.3) is 0 Å². The summed E-state index contributed by atoms with van der Waals surface area (Å²) in [5.41, 5.74) is 0. The van der Waals surface area contributed by atoms with E-state index in [-0.39, 0.29) is 0 Å². The molecule has 19 heavy (non-hydrogen) atoms. The molecular weight excluding hydrogens is 351 g/mol. The maximum absolute atomic E-state index is 6.06. The lowest BCUT2D eigenvalue weighted by Gasteiger charge is -2.08. The molecule has 1 aromatic heterocycles. The van der Waals surface area contributed by atoms with Crippen LogP contribution in [0.3, 0.4) is 0 Å². The quantitative estimate of drug-likeness (QED) is 0.694. The summed E-state index contributed by atoms with van der Waals surface area (Å²) in [6.45, 7) is 2.05. The van der Waals surface area contributed by atoms with Crippen molar-refractivity contribution >= 4 is 39.1 Å². The molecule has 0 aliphatic carbocycles. The van der Waals surface area contributed by atoms with Crippen LogP contribution in [0.1, 0.15) is 19.2 Å². The summed E-state index contributed by atoms with van der Waals surface area (Å²) in [6, 6.07) is 6.93. The van der Waals surface area contributed by atoms with Gasteiger partial charge in [0.25, 0.3) is 0 Å². The second-order valence-electron chi connectivity index (χ2n) is 3.87. The van der Waals surface area contributed by atoms with Crippen molar-refractivity contribution in [1.29, 1.82) is 0 Å². The van der Waals surface area contributed by atoms with Gasteiger partial charge in [0.1, 0.15) is 16.7 Å². The van der Waals surface area contributed by atoms with Gasteiger partial charge in [0.15, 0.2) is 0 Å². The van der Waals surface area contributed by atoms with Crippen LogP contribution < -0.4 is 4.74 Å². The van der Waals surface area contributed by atoms with Crippen LogP contribution in [0.4, 0.5) is 0 Å². The first-order valence-electron chi connectivity index (χ1n) is 5.75. The molecule has 0 aliphatic rings. The lowest BCUT2D eigenvalue weighted by atomic mass is 10.3. The normalized spacial score (nSPS) is 10.5. The first-order chi connectivity index (χ1) is 9.08. The SMILES string of the molecule is CCCc1nc(Cl)cc(Oc2cc(Br)ccc2Cl)n1. The summed E-state index contributed by atoms with van der Waals surface area (Å²) in [7, 11) is 0. The molecule has 2 rings (SSSR count). The van der Waals surface area contributed by atoms with Gasteiger partial charge in [-0.05, 0) is 24.6 Å². The zero-order valence-corrected chi connectivity index (χ0v) is 13.3. The fourth-order valence-electron chi connectivity index (χ4n) is 1.50. The third kappa shape index (κ3) is 4.06. The standard InChI is InChI=1S/C13H11BrCl2N2O/c1-2-3-12-17-11(16)7-13(18-12)19-10-6-8(14)4-5-9(10)15/h4-7H,2-3H2,1H3. The number of aryl methyl sites for hydroxylation is 1. The van der Waals surface area contributed by atoms with E-state index in [1.807, 2.05) is 6.07 Å². The van der Waals surface area contributed by atoms with E-state index in [9.17, 15) is 0 Å². The Balaban J connectivity index is 2.29. The van der Waals surface area contributed by atoms with Gasteiger partial charge >= 0.3 is 0 Å². The van der Waals surface area contributed by atoms with E-state index in [2.05, 4.69) is 32.8 Å². The zero-order valence-electron chi connectivity index (χ0n) is 10.2. The van der Waals surface area contributed by atoms with Crippen LogP contribution >= 0.6 is 39.1 Å². The molecule has 1 heterocycles. The second-order valence-corrected chi connectivity index (χ2v) is 5.58. The van der Waals surface area contributed by atoms with Gasteiger partial charge < -0.3 is 4.74 Å². The number of rotatable bonds is 4. The van der Waals surface area contributed by atoms with Crippen molar-refractivity contribution in [2.24, 2.45) is 0 Å². The van der Waals surface area contributed by atoms with Gasteiger partial charge in [0, 0.05) is 17.0 Å². The average molecular weight is 362 g/mol. The molecule has 0 amide bonds. The summed E-state index contributed by atoms with van der Waals surface area (Å²) >= 11 is 15.4. The van der Waals surface area contributed by atoms with Crippen LogP contribution in [0.15, 0.2) is 28.7 Å². The van der Waals surface area contributed by atoms with Gasteiger partial charge in [-0.2, -0.15) is 4.98 Å². The molecule has 6 heteroatoms. The third-order valence-corrected chi connectivity index (χ3v) is 3.30. The Morgan fingerprint density at radius 1 is 1.21 bits per heavy atom. The van der Waals surface area contributed by atoms with Gasteiger partial charge in [-0.3, -0.25) is 0 Å². The number of ether oxygens (including phenoxy) is 1. The van der Waals surface area contributed by atoms with Crippen molar-refractivity contribution in [1.82, 2.24) is 9.97 Å². The van der Waals surface area contributed by atoms with E-state index in [0.29, 0.717) is 27.6 Å². The average Bonchev–Trinajstić information content (AvgIpc) is 2.33. The lowest BCUT2D eigenvalue weighted by molar-refractivity contribution is 0.458. The third-order valence-electron chi connectivity index (χ3n) is 2.30. The molecule has 0 fully saturated rings. The Morgan fingerprint density at radius 3 is 2.74 bits per heavy atom. The molecule has 0 unspecified atom stereocenters. The van der Waals surface area contributed by atoms with E-state index < -0.39 is 0 Å². The minimum Gasteiger partial charge on any atom is -0.437 e. The minimum atomic E-state index is 0.361. The first-order valence-corrected chi connectivity index (χ1v) is 7.29. The highest BCUT2D eigenvalue weighted by molar-refractivity contribution is 9.10. The van der Waals surface area contributed by atoms with Crippen molar-refractivity contribution in [3.05, 3.63) is 44.7 Å². The number of aromatic nitrogens is 2. The van der Waals surface area contributed by atoms with E-state index in [0.717, 1.165) is 17.3 Å². The molecule has 0 saturated carbocycles. The molecule has 100 valence electrons. The molecule has 0 aliphatic heterocycles. The van der Waals surface area contributed by atoms with Gasteiger partial charge in [-0.15, -0.1) is 0 Å². The molecule has 1 aromatic carbocycles. The topological polar surface area (TPSA) is 35.0 Å². The highest BCUT2D eigenvalue weighted by Crippen LogP contribution is 2.31. The molecule has 2 aromatic rings. The van der Waals surface area contributed by atoms with E-state index >= 15 is 0 Å². The van der Waals surface area contributed by atoms with Crippen LogP contribution in [-0.4, -0.2) is 9.97 Å². The summed E-state index contributed by atoms with van der Waals surface area (Å²) in [5.74, 6) is 1.58. The number of hydrogen-bond donors (Lipinski definition) is 0. The highest BCUT2D eigenvalue weighted by atomic mass is 79.9. The van der Waals surface area contributed by atoms with Crippen molar-refractivity contribution in [2.75, 3.05) is 0 Å². The molecular formula is C13H11BrCl2N2O. The monoisotopic (exact) mass is 360 g/mol. The lowest BCUT2D eigenvalue weighted by Crippen LogP contribution is -1.98. The smallest absolute Gasteiger partial charge is 0.224 e. The minimum absolute atomic E-state index is 0.361. The maximum Gasteiger partial charge on any atom is 0.224 e. The highest BCUT2D eigenvalue weighted by Gasteiger charge is 2.08.